The lowest BCUT2D eigenvalue weighted by Crippen LogP contribution is -2.07. The molecule has 8 heteroatoms. The molecule has 202 valence electrons. The zero-order chi connectivity index (χ0) is 27.9. The van der Waals surface area contributed by atoms with Crippen LogP contribution < -0.4 is 4.74 Å². The molecule has 4 aromatic rings. The monoisotopic (exact) mass is 550 g/mol. The van der Waals surface area contributed by atoms with E-state index in [9.17, 15) is 17.4 Å². The number of alkyl halides is 3. The molecule has 1 atom stereocenters. The van der Waals surface area contributed by atoms with Gasteiger partial charge in [-0.2, -0.15) is 13.2 Å². The molecule has 0 radical (unpaired) electrons. The third kappa shape index (κ3) is 5.71. The molecule has 1 unspecified atom stereocenters. The molecule has 39 heavy (non-hydrogen) atoms. The number of halogens is 3. The fraction of sp³-hybridized carbons (Fsp3) is 0.258. The summed E-state index contributed by atoms with van der Waals surface area (Å²) in [4.78, 5) is 5.19. The van der Waals surface area contributed by atoms with Gasteiger partial charge in [-0.1, -0.05) is 64.1 Å². The van der Waals surface area contributed by atoms with Gasteiger partial charge in [-0.15, -0.1) is 0 Å². The Kier molecular flexibility index (Phi) is 7.01. The molecule has 1 aliphatic rings. The number of pyridine rings is 1. The molecule has 0 bridgehead atoms. The van der Waals surface area contributed by atoms with Crippen LogP contribution in [-0.4, -0.2) is 18.8 Å². The standard InChI is InChI=1S/C31H29F3N2O2S/c1-20(2)39(37)25-11-6-10-24(18-25)38-23-9-5-8-22(17-23)28-27(16-21-13-14-30(3,4)19-21)35-29-26(31(32,33)34)12-7-15-36(28)29/h5-15,17-20H,16H2,1-4H3. The van der Waals surface area contributed by atoms with E-state index in [4.69, 9.17) is 4.74 Å². The molecule has 0 spiro atoms. The van der Waals surface area contributed by atoms with E-state index in [2.05, 4.69) is 31.0 Å². The van der Waals surface area contributed by atoms with Crippen LogP contribution in [-0.2, 0) is 23.4 Å². The van der Waals surface area contributed by atoms with Gasteiger partial charge in [0.1, 0.15) is 17.1 Å². The summed E-state index contributed by atoms with van der Waals surface area (Å²) in [5, 5.41) is -0.0332. The Balaban J connectivity index is 1.58. The van der Waals surface area contributed by atoms with E-state index in [1.54, 1.807) is 48.7 Å². The van der Waals surface area contributed by atoms with Crippen molar-refractivity contribution >= 4 is 16.4 Å². The van der Waals surface area contributed by atoms with Crippen LogP contribution in [0.5, 0.6) is 11.5 Å². The number of hydrogen-bond donors (Lipinski definition) is 0. The zero-order valence-electron chi connectivity index (χ0n) is 22.1. The second kappa shape index (κ2) is 10.2. The highest BCUT2D eigenvalue weighted by molar-refractivity contribution is 7.85. The van der Waals surface area contributed by atoms with Gasteiger partial charge in [-0.05, 0) is 48.0 Å². The third-order valence-electron chi connectivity index (χ3n) is 6.49. The predicted octanol–water partition coefficient (Wildman–Crippen LogP) is 8.39. The fourth-order valence-corrected chi connectivity index (χ4v) is 5.73. The van der Waals surface area contributed by atoms with Gasteiger partial charge in [0.15, 0.2) is 0 Å². The molecule has 0 fully saturated rings. The maximum Gasteiger partial charge on any atom is 0.419 e. The molecule has 0 N–H and O–H groups in total. The Morgan fingerprint density at radius 2 is 1.74 bits per heavy atom. The lowest BCUT2D eigenvalue weighted by atomic mass is 9.95. The maximum absolute atomic E-state index is 13.9. The Bertz CT molecular complexity index is 1630. The minimum Gasteiger partial charge on any atom is -0.457 e. The lowest BCUT2D eigenvalue weighted by molar-refractivity contribution is -0.136. The molecule has 4 nitrogen and oxygen atoms in total. The summed E-state index contributed by atoms with van der Waals surface area (Å²) in [6.45, 7) is 7.94. The van der Waals surface area contributed by atoms with Crippen LogP contribution in [0.25, 0.3) is 16.9 Å². The van der Waals surface area contributed by atoms with Crippen LogP contribution in [0, 0.1) is 5.41 Å². The van der Waals surface area contributed by atoms with Gasteiger partial charge in [0.2, 0.25) is 0 Å². The Labute approximate surface area is 228 Å². The van der Waals surface area contributed by atoms with Gasteiger partial charge in [0.25, 0.3) is 0 Å². The largest absolute Gasteiger partial charge is 0.457 e. The highest BCUT2D eigenvalue weighted by Gasteiger charge is 2.35. The molecule has 0 amide bonds. The molecule has 0 saturated carbocycles. The van der Waals surface area contributed by atoms with Crippen molar-refractivity contribution in [1.29, 1.82) is 0 Å². The van der Waals surface area contributed by atoms with Crippen molar-refractivity contribution in [3.63, 3.8) is 0 Å². The SMILES string of the molecule is CC(C)S(=O)c1cccc(Oc2cccc(-c3c(CC4=CC(C)(C)C=C4)nc4c(C(F)(F)F)cccn34)c2)c1. The summed E-state index contributed by atoms with van der Waals surface area (Å²) in [7, 11) is -1.16. The highest BCUT2D eigenvalue weighted by Crippen LogP contribution is 2.38. The van der Waals surface area contributed by atoms with E-state index < -0.39 is 22.5 Å². The van der Waals surface area contributed by atoms with Crippen molar-refractivity contribution in [2.24, 2.45) is 5.41 Å². The summed E-state index contributed by atoms with van der Waals surface area (Å²) < 4.78 is 61.9. The van der Waals surface area contributed by atoms with Crippen molar-refractivity contribution in [3.8, 4) is 22.8 Å². The van der Waals surface area contributed by atoms with Crippen LogP contribution >= 0.6 is 0 Å². The van der Waals surface area contributed by atoms with Crippen LogP contribution in [0.3, 0.4) is 0 Å². The lowest BCUT2D eigenvalue weighted by Gasteiger charge is -2.12. The molecule has 2 aromatic heterocycles. The first-order chi connectivity index (χ1) is 18.4. The van der Waals surface area contributed by atoms with E-state index in [0.29, 0.717) is 39.8 Å². The second-order valence-electron chi connectivity index (χ2n) is 10.5. The average molecular weight is 551 g/mol. The van der Waals surface area contributed by atoms with Crippen LogP contribution in [0.4, 0.5) is 13.2 Å². The minimum absolute atomic E-state index is 0.0332. The molecule has 5 rings (SSSR count). The molecule has 1 aliphatic carbocycles. The van der Waals surface area contributed by atoms with E-state index in [1.165, 1.54) is 10.5 Å². The molecule has 2 heterocycles. The number of nitrogens with zero attached hydrogens (tertiary/aromatic N) is 2. The first kappa shape index (κ1) is 26.9. The first-order valence-electron chi connectivity index (χ1n) is 12.7. The van der Waals surface area contributed by atoms with Gasteiger partial charge < -0.3 is 4.74 Å². The van der Waals surface area contributed by atoms with Crippen molar-refractivity contribution in [2.75, 3.05) is 0 Å². The number of imidazole rings is 1. The minimum atomic E-state index is -4.54. The van der Waals surface area contributed by atoms with Crippen LogP contribution in [0.2, 0.25) is 0 Å². The van der Waals surface area contributed by atoms with Gasteiger partial charge in [-0.25, -0.2) is 4.98 Å². The number of fused-ring (bicyclic) bond motifs is 1. The third-order valence-corrected chi connectivity index (χ3v) is 8.07. The summed E-state index contributed by atoms with van der Waals surface area (Å²) >= 11 is 0. The second-order valence-corrected chi connectivity index (χ2v) is 12.5. The number of aromatic nitrogens is 2. The Morgan fingerprint density at radius 3 is 2.41 bits per heavy atom. The maximum atomic E-state index is 13.9. The van der Waals surface area contributed by atoms with E-state index in [1.807, 2.05) is 26.0 Å². The van der Waals surface area contributed by atoms with Crippen molar-refractivity contribution in [1.82, 2.24) is 9.38 Å². The van der Waals surface area contributed by atoms with Crippen LogP contribution in [0.15, 0.2) is 95.6 Å². The summed E-state index contributed by atoms with van der Waals surface area (Å²) in [6.07, 6.45) is 3.65. The van der Waals surface area contributed by atoms with Gasteiger partial charge in [0.05, 0.1) is 27.8 Å². The van der Waals surface area contributed by atoms with Crippen molar-refractivity contribution in [2.45, 2.75) is 50.4 Å². The van der Waals surface area contributed by atoms with Crippen molar-refractivity contribution < 1.29 is 22.1 Å². The van der Waals surface area contributed by atoms with Gasteiger partial charge in [0, 0.05) is 33.7 Å². The normalized spacial score (nSPS) is 15.6. The predicted molar refractivity (Wildman–Crippen MR) is 148 cm³/mol. The summed E-state index contributed by atoms with van der Waals surface area (Å²) in [6, 6.07) is 16.8. The van der Waals surface area contributed by atoms with E-state index in [-0.39, 0.29) is 16.3 Å². The number of allylic oxidation sites excluding steroid dienone is 4. The number of hydrogen-bond acceptors (Lipinski definition) is 3. The van der Waals surface area contributed by atoms with E-state index >= 15 is 0 Å². The number of benzene rings is 2. The molecule has 0 saturated heterocycles. The quantitative estimate of drug-likeness (QED) is 0.232. The smallest absolute Gasteiger partial charge is 0.419 e. The van der Waals surface area contributed by atoms with Crippen molar-refractivity contribution in [3.05, 3.63) is 102 Å². The fourth-order valence-electron chi connectivity index (χ4n) is 4.74. The topological polar surface area (TPSA) is 43.6 Å². The Hall–Kier alpha value is -3.65. The summed E-state index contributed by atoms with van der Waals surface area (Å²) in [5.41, 5.74) is 1.77. The van der Waals surface area contributed by atoms with Gasteiger partial charge >= 0.3 is 6.18 Å². The molecular formula is C31H29F3N2O2S. The molecular weight excluding hydrogens is 521 g/mol. The van der Waals surface area contributed by atoms with Crippen LogP contribution in [0.1, 0.15) is 39.0 Å². The number of rotatable bonds is 7. The van der Waals surface area contributed by atoms with Gasteiger partial charge in [-0.3, -0.25) is 8.61 Å². The first-order valence-corrected chi connectivity index (χ1v) is 13.9. The molecule has 2 aromatic carbocycles. The number of ether oxygens (including phenoxy) is 1. The summed E-state index contributed by atoms with van der Waals surface area (Å²) in [5.74, 6) is 1.04. The average Bonchev–Trinajstić information content (AvgIpc) is 3.41. The molecule has 0 aliphatic heterocycles. The van der Waals surface area contributed by atoms with E-state index in [0.717, 1.165) is 11.6 Å². The highest BCUT2D eigenvalue weighted by atomic mass is 32.2. The Morgan fingerprint density at radius 1 is 1.03 bits per heavy atom. The zero-order valence-corrected chi connectivity index (χ0v) is 22.9.